The van der Waals surface area contributed by atoms with Crippen LogP contribution < -0.4 is 5.32 Å². The van der Waals surface area contributed by atoms with Gasteiger partial charge in [-0.05, 0) is 31.3 Å². The number of halogens is 2. The number of ether oxygens (including phenoxy) is 1. The van der Waals surface area contributed by atoms with Gasteiger partial charge in [0.25, 0.3) is 0 Å². The Labute approximate surface area is 92.9 Å². The first-order chi connectivity index (χ1) is 7.72. The van der Waals surface area contributed by atoms with Gasteiger partial charge in [0.2, 0.25) is 0 Å². The summed E-state index contributed by atoms with van der Waals surface area (Å²) in [5.41, 5.74) is 0.274. The van der Waals surface area contributed by atoms with E-state index in [9.17, 15) is 8.78 Å². The van der Waals surface area contributed by atoms with Gasteiger partial charge in [-0.2, -0.15) is 0 Å². The molecule has 1 atom stereocenters. The van der Waals surface area contributed by atoms with Crippen LogP contribution in [0, 0.1) is 11.6 Å². The summed E-state index contributed by atoms with van der Waals surface area (Å²) < 4.78 is 32.0. The molecule has 1 aliphatic rings. The van der Waals surface area contributed by atoms with Crippen LogP contribution in [0.4, 0.5) is 8.78 Å². The average Bonchev–Trinajstić information content (AvgIpc) is 2.78. The first kappa shape index (κ1) is 11.1. The van der Waals surface area contributed by atoms with Crippen molar-refractivity contribution in [2.45, 2.75) is 12.5 Å². The van der Waals surface area contributed by atoms with E-state index in [1.165, 1.54) is 6.07 Å². The molecule has 2 rings (SSSR count). The Kier molecular flexibility index (Phi) is 3.19. The van der Waals surface area contributed by atoms with Gasteiger partial charge in [0.15, 0.2) is 0 Å². The fourth-order valence-electron chi connectivity index (χ4n) is 1.82. The molecule has 0 bridgehead atoms. The van der Waals surface area contributed by atoms with Crippen LogP contribution in [0.25, 0.3) is 0 Å². The van der Waals surface area contributed by atoms with E-state index >= 15 is 0 Å². The quantitative estimate of drug-likeness (QED) is 0.853. The lowest BCUT2D eigenvalue weighted by Gasteiger charge is -2.18. The van der Waals surface area contributed by atoms with Crippen LogP contribution in [-0.4, -0.2) is 13.7 Å². The summed E-state index contributed by atoms with van der Waals surface area (Å²) in [4.78, 5) is 0. The zero-order chi connectivity index (χ0) is 11.5. The summed E-state index contributed by atoms with van der Waals surface area (Å²) in [5.74, 6) is -0.223. The van der Waals surface area contributed by atoms with Crippen molar-refractivity contribution in [2.75, 3.05) is 13.7 Å². The second-order valence-corrected chi connectivity index (χ2v) is 3.63. The second-order valence-electron chi connectivity index (χ2n) is 3.63. The maximum Gasteiger partial charge on any atom is 0.128 e. The zero-order valence-electron chi connectivity index (χ0n) is 8.97. The molecule has 1 unspecified atom stereocenters. The first-order valence-electron chi connectivity index (χ1n) is 5.17. The lowest BCUT2D eigenvalue weighted by Crippen LogP contribution is -2.20. The van der Waals surface area contributed by atoms with E-state index in [2.05, 4.69) is 5.32 Å². The molecule has 0 aliphatic carbocycles. The van der Waals surface area contributed by atoms with Gasteiger partial charge in [-0.1, -0.05) is 0 Å². The van der Waals surface area contributed by atoms with Crippen molar-refractivity contribution in [3.63, 3.8) is 0 Å². The van der Waals surface area contributed by atoms with E-state index in [-0.39, 0.29) is 5.56 Å². The Morgan fingerprint density at radius 1 is 1.38 bits per heavy atom. The first-order valence-corrected chi connectivity index (χ1v) is 5.17. The van der Waals surface area contributed by atoms with Crippen molar-refractivity contribution in [1.82, 2.24) is 5.32 Å². The van der Waals surface area contributed by atoms with Gasteiger partial charge in [0, 0.05) is 12.0 Å². The largest absolute Gasteiger partial charge is 0.496 e. The average molecular weight is 225 g/mol. The number of hydrogen-bond acceptors (Lipinski definition) is 2. The van der Waals surface area contributed by atoms with E-state index < -0.39 is 17.7 Å². The summed E-state index contributed by atoms with van der Waals surface area (Å²) in [6.45, 7) is 0.602. The molecule has 1 aromatic carbocycles. The van der Waals surface area contributed by atoms with Gasteiger partial charge in [0.05, 0.1) is 12.6 Å². The molecule has 1 heterocycles. The van der Waals surface area contributed by atoms with Crippen molar-refractivity contribution in [1.29, 1.82) is 0 Å². The molecule has 0 saturated carbocycles. The van der Waals surface area contributed by atoms with E-state index in [0.29, 0.717) is 12.4 Å². The Morgan fingerprint density at radius 2 is 2.19 bits per heavy atom. The molecule has 1 aliphatic heterocycles. The lowest BCUT2D eigenvalue weighted by molar-refractivity contribution is 0.216. The molecule has 1 N–H and O–H groups in total. The highest BCUT2D eigenvalue weighted by molar-refractivity contribution is 5.28. The van der Waals surface area contributed by atoms with Crippen LogP contribution in [0.2, 0.25) is 0 Å². The molecule has 0 spiro atoms. The molecule has 0 saturated heterocycles. The van der Waals surface area contributed by atoms with Crippen LogP contribution >= 0.6 is 0 Å². The second kappa shape index (κ2) is 4.61. The van der Waals surface area contributed by atoms with Gasteiger partial charge in [-0.15, -0.1) is 0 Å². The van der Waals surface area contributed by atoms with Gasteiger partial charge in [0.1, 0.15) is 17.4 Å². The van der Waals surface area contributed by atoms with Crippen molar-refractivity contribution in [2.24, 2.45) is 0 Å². The number of rotatable bonds is 3. The molecule has 16 heavy (non-hydrogen) atoms. The minimum atomic E-state index is -0.449. The number of nitrogens with one attached hydrogen (secondary N) is 1. The molecular formula is C12H13F2NO. The predicted octanol–water partition coefficient (Wildman–Crippen LogP) is 2.53. The maximum absolute atomic E-state index is 13.6. The van der Waals surface area contributed by atoms with Crippen LogP contribution in [-0.2, 0) is 4.74 Å². The highest BCUT2D eigenvalue weighted by Crippen LogP contribution is 2.28. The van der Waals surface area contributed by atoms with Crippen LogP contribution in [0.1, 0.15) is 18.0 Å². The van der Waals surface area contributed by atoms with Crippen LogP contribution in [0.15, 0.2) is 30.0 Å². The van der Waals surface area contributed by atoms with Gasteiger partial charge in [-0.25, -0.2) is 8.78 Å². The molecule has 4 heteroatoms. The standard InChI is InChI=1S/C12H13F2NO/c1-15-12(11-3-2-6-16-11)9-7-8(13)4-5-10(9)14/h3-5,7,12,15H,2,6H2,1H3. The van der Waals surface area contributed by atoms with Crippen LogP contribution in [0.5, 0.6) is 0 Å². The number of likely N-dealkylation sites (N-methyl/N-ethyl adjacent to an activating group) is 1. The van der Waals surface area contributed by atoms with Crippen LogP contribution in [0.3, 0.4) is 0 Å². The summed E-state index contributed by atoms with van der Waals surface area (Å²) >= 11 is 0. The number of hydrogen-bond donors (Lipinski definition) is 1. The Morgan fingerprint density at radius 3 is 2.81 bits per heavy atom. The Balaban J connectivity index is 2.35. The molecule has 0 aromatic heterocycles. The van der Waals surface area contributed by atoms with Crippen molar-refractivity contribution in [3.8, 4) is 0 Å². The van der Waals surface area contributed by atoms with E-state index in [4.69, 9.17) is 4.74 Å². The fraction of sp³-hybridized carbons (Fsp3) is 0.333. The van der Waals surface area contributed by atoms with E-state index in [1.807, 2.05) is 6.08 Å². The summed E-state index contributed by atoms with van der Waals surface area (Å²) in [5, 5.41) is 2.93. The van der Waals surface area contributed by atoms with E-state index in [0.717, 1.165) is 18.6 Å². The molecular weight excluding hydrogens is 212 g/mol. The zero-order valence-corrected chi connectivity index (χ0v) is 8.97. The van der Waals surface area contributed by atoms with E-state index in [1.54, 1.807) is 7.05 Å². The summed E-state index contributed by atoms with van der Waals surface area (Å²) in [6.07, 6.45) is 2.70. The Hall–Kier alpha value is -1.42. The Bertz CT molecular complexity index is 417. The maximum atomic E-state index is 13.6. The monoisotopic (exact) mass is 225 g/mol. The lowest BCUT2D eigenvalue weighted by atomic mass is 10.0. The molecule has 86 valence electrons. The number of benzene rings is 1. The van der Waals surface area contributed by atoms with Crippen molar-refractivity contribution in [3.05, 3.63) is 47.2 Å². The minimum absolute atomic E-state index is 0.274. The van der Waals surface area contributed by atoms with Gasteiger partial charge < -0.3 is 10.1 Å². The molecule has 1 aromatic rings. The molecule has 0 fully saturated rings. The van der Waals surface area contributed by atoms with Crippen molar-refractivity contribution < 1.29 is 13.5 Å². The smallest absolute Gasteiger partial charge is 0.128 e. The SMILES string of the molecule is CNC(C1=CCCO1)c1cc(F)ccc1F. The fourth-order valence-corrected chi connectivity index (χ4v) is 1.82. The van der Waals surface area contributed by atoms with Crippen molar-refractivity contribution >= 4 is 0 Å². The summed E-state index contributed by atoms with van der Waals surface area (Å²) in [7, 11) is 1.69. The predicted molar refractivity (Wildman–Crippen MR) is 56.8 cm³/mol. The highest BCUT2D eigenvalue weighted by Gasteiger charge is 2.22. The van der Waals surface area contributed by atoms with Gasteiger partial charge >= 0.3 is 0 Å². The topological polar surface area (TPSA) is 21.3 Å². The normalized spacial score (nSPS) is 16.8. The third-order valence-corrected chi connectivity index (χ3v) is 2.57. The third kappa shape index (κ3) is 2.07. The molecule has 2 nitrogen and oxygen atoms in total. The minimum Gasteiger partial charge on any atom is -0.496 e. The van der Waals surface area contributed by atoms with Gasteiger partial charge in [-0.3, -0.25) is 0 Å². The third-order valence-electron chi connectivity index (χ3n) is 2.57. The summed E-state index contributed by atoms with van der Waals surface area (Å²) in [6, 6.07) is 3.01. The molecule has 0 amide bonds. The molecule has 0 radical (unpaired) electrons. The highest BCUT2D eigenvalue weighted by atomic mass is 19.1.